The topological polar surface area (TPSA) is 98.0 Å². The van der Waals surface area contributed by atoms with E-state index >= 15 is 0 Å². The minimum Gasteiger partial charge on any atom is -0.508 e. The van der Waals surface area contributed by atoms with Crippen molar-refractivity contribution in [3.05, 3.63) is 47.5 Å². The molecule has 4 N–H and O–H groups in total. The summed E-state index contributed by atoms with van der Waals surface area (Å²) in [5.41, 5.74) is 0.106. The van der Waals surface area contributed by atoms with Gasteiger partial charge < -0.3 is 20.4 Å². The first-order chi connectivity index (χ1) is 8.45. The molecule has 5 heteroatoms. The summed E-state index contributed by atoms with van der Waals surface area (Å²) in [5, 5.41) is 37.2. The van der Waals surface area contributed by atoms with E-state index in [0.717, 1.165) is 12.1 Å². The van der Waals surface area contributed by atoms with Crippen LogP contribution < -0.4 is 0 Å². The van der Waals surface area contributed by atoms with Gasteiger partial charge in [-0.25, -0.2) is 0 Å². The van der Waals surface area contributed by atoms with Crippen molar-refractivity contribution in [3.63, 3.8) is 0 Å². The van der Waals surface area contributed by atoms with Gasteiger partial charge in [0.1, 0.15) is 23.0 Å². The predicted molar refractivity (Wildman–Crippen MR) is 63.0 cm³/mol. The summed E-state index contributed by atoms with van der Waals surface area (Å²) in [7, 11) is 0. The van der Waals surface area contributed by atoms with Crippen LogP contribution in [0.5, 0.6) is 23.0 Å². The Morgan fingerprint density at radius 2 is 0.889 bits per heavy atom. The average molecular weight is 246 g/mol. The lowest BCUT2D eigenvalue weighted by atomic mass is 10.0. The smallest absolute Gasteiger partial charge is 0.193 e. The maximum atomic E-state index is 12.0. The molecule has 0 bridgehead atoms. The first-order valence-corrected chi connectivity index (χ1v) is 5.06. The van der Waals surface area contributed by atoms with Crippen molar-refractivity contribution in [1.29, 1.82) is 0 Å². The highest BCUT2D eigenvalue weighted by Crippen LogP contribution is 2.26. The molecule has 0 amide bonds. The van der Waals surface area contributed by atoms with Gasteiger partial charge in [0.25, 0.3) is 0 Å². The van der Waals surface area contributed by atoms with Crippen LogP contribution in [0, 0.1) is 0 Å². The molecule has 0 saturated heterocycles. The average Bonchev–Trinajstić information content (AvgIpc) is 2.25. The number of aromatic hydroxyl groups is 4. The van der Waals surface area contributed by atoms with Crippen LogP contribution in [-0.4, -0.2) is 26.2 Å². The lowest BCUT2D eigenvalue weighted by molar-refractivity contribution is 0.103. The number of hydrogen-bond donors (Lipinski definition) is 4. The third-order valence-corrected chi connectivity index (χ3v) is 2.33. The molecular formula is C13H10O5. The fourth-order valence-electron chi connectivity index (χ4n) is 1.62. The molecule has 0 aliphatic heterocycles. The third-order valence-electron chi connectivity index (χ3n) is 2.33. The molecule has 2 rings (SSSR count). The summed E-state index contributed by atoms with van der Waals surface area (Å²) < 4.78 is 0. The van der Waals surface area contributed by atoms with Crippen LogP contribution in [0.15, 0.2) is 36.4 Å². The van der Waals surface area contributed by atoms with Crippen LogP contribution in [0.1, 0.15) is 15.9 Å². The van der Waals surface area contributed by atoms with Gasteiger partial charge in [0, 0.05) is 23.3 Å². The molecule has 0 atom stereocenters. The van der Waals surface area contributed by atoms with Crippen molar-refractivity contribution in [1.82, 2.24) is 0 Å². The van der Waals surface area contributed by atoms with Crippen molar-refractivity contribution < 1.29 is 25.2 Å². The number of carbonyl (C=O) groups excluding carboxylic acids is 1. The Morgan fingerprint density at radius 3 is 1.17 bits per heavy atom. The Morgan fingerprint density at radius 1 is 0.611 bits per heavy atom. The molecule has 0 radical (unpaired) electrons. The molecule has 2 aromatic rings. The van der Waals surface area contributed by atoms with Gasteiger partial charge in [-0.3, -0.25) is 4.79 Å². The van der Waals surface area contributed by atoms with Crippen LogP contribution in [0.4, 0.5) is 0 Å². The fourth-order valence-corrected chi connectivity index (χ4v) is 1.62. The minimum absolute atomic E-state index is 0.0532. The highest BCUT2D eigenvalue weighted by atomic mass is 16.3. The molecule has 5 nitrogen and oxygen atoms in total. The monoisotopic (exact) mass is 246 g/mol. The summed E-state index contributed by atoms with van der Waals surface area (Å²) in [6.07, 6.45) is 0. The largest absolute Gasteiger partial charge is 0.508 e. The van der Waals surface area contributed by atoms with E-state index in [2.05, 4.69) is 0 Å². The van der Waals surface area contributed by atoms with Gasteiger partial charge in [0.15, 0.2) is 5.78 Å². The highest BCUT2D eigenvalue weighted by Gasteiger charge is 2.13. The molecule has 92 valence electrons. The van der Waals surface area contributed by atoms with E-state index < -0.39 is 5.78 Å². The molecule has 0 fully saturated rings. The zero-order valence-electron chi connectivity index (χ0n) is 9.16. The molecule has 0 aromatic heterocycles. The minimum atomic E-state index is -0.535. The summed E-state index contributed by atoms with van der Waals surface area (Å²) >= 11 is 0. The Labute approximate surface area is 102 Å². The number of hydrogen-bond acceptors (Lipinski definition) is 5. The predicted octanol–water partition coefficient (Wildman–Crippen LogP) is 1.74. The summed E-state index contributed by atoms with van der Waals surface area (Å²) in [6, 6.07) is 6.92. The van der Waals surface area contributed by atoms with E-state index in [-0.39, 0.29) is 34.1 Å². The second-order valence-corrected chi connectivity index (χ2v) is 3.81. The Kier molecular flexibility index (Phi) is 2.81. The fraction of sp³-hybridized carbons (Fsp3) is 0. The zero-order valence-corrected chi connectivity index (χ0v) is 9.16. The van der Waals surface area contributed by atoms with Gasteiger partial charge in [-0.2, -0.15) is 0 Å². The van der Waals surface area contributed by atoms with E-state index in [9.17, 15) is 25.2 Å². The van der Waals surface area contributed by atoms with E-state index in [1.807, 2.05) is 0 Å². The SMILES string of the molecule is O=C(c1cc(O)cc(O)c1)c1cc(O)cc(O)c1. The molecule has 0 aliphatic rings. The number of phenolic OH excluding ortho intramolecular Hbond substituents is 4. The maximum Gasteiger partial charge on any atom is 0.193 e. The third kappa shape index (κ3) is 2.35. The lowest BCUT2D eigenvalue weighted by Gasteiger charge is -2.04. The molecule has 0 aliphatic carbocycles. The van der Waals surface area contributed by atoms with Gasteiger partial charge in [-0.05, 0) is 24.3 Å². The van der Waals surface area contributed by atoms with Gasteiger partial charge in [0.05, 0.1) is 0 Å². The summed E-state index contributed by atoms with van der Waals surface area (Å²) in [4.78, 5) is 12.0. The van der Waals surface area contributed by atoms with Gasteiger partial charge in [0.2, 0.25) is 0 Å². The number of rotatable bonds is 2. The summed E-state index contributed by atoms with van der Waals surface area (Å²) in [5.74, 6) is -1.52. The van der Waals surface area contributed by atoms with Crippen LogP contribution in [-0.2, 0) is 0 Å². The van der Waals surface area contributed by atoms with Crippen molar-refractivity contribution in [3.8, 4) is 23.0 Å². The van der Waals surface area contributed by atoms with E-state index in [4.69, 9.17) is 0 Å². The van der Waals surface area contributed by atoms with Crippen molar-refractivity contribution in [2.24, 2.45) is 0 Å². The van der Waals surface area contributed by atoms with Gasteiger partial charge in [-0.15, -0.1) is 0 Å². The molecule has 0 saturated carbocycles. The molecule has 2 aromatic carbocycles. The second kappa shape index (κ2) is 4.29. The highest BCUT2D eigenvalue weighted by molar-refractivity contribution is 6.09. The quantitative estimate of drug-likeness (QED) is 0.605. The van der Waals surface area contributed by atoms with Crippen molar-refractivity contribution in [2.75, 3.05) is 0 Å². The Balaban J connectivity index is 2.47. The Hall–Kier alpha value is -2.69. The van der Waals surface area contributed by atoms with Crippen LogP contribution in [0.3, 0.4) is 0 Å². The van der Waals surface area contributed by atoms with Crippen molar-refractivity contribution in [2.45, 2.75) is 0 Å². The van der Waals surface area contributed by atoms with Crippen molar-refractivity contribution >= 4 is 5.78 Å². The normalized spacial score (nSPS) is 10.2. The van der Waals surface area contributed by atoms with E-state index in [1.165, 1.54) is 24.3 Å². The second-order valence-electron chi connectivity index (χ2n) is 3.81. The molecule has 0 spiro atoms. The first-order valence-electron chi connectivity index (χ1n) is 5.06. The number of carbonyl (C=O) groups is 1. The zero-order chi connectivity index (χ0) is 13.3. The molecule has 0 unspecified atom stereocenters. The maximum absolute atomic E-state index is 12.0. The lowest BCUT2D eigenvalue weighted by Crippen LogP contribution is -2.00. The summed E-state index contributed by atoms with van der Waals surface area (Å²) in [6.45, 7) is 0. The first kappa shape index (κ1) is 11.8. The van der Waals surface area contributed by atoms with Crippen LogP contribution in [0.2, 0.25) is 0 Å². The van der Waals surface area contributed by atoms with Gasteiger partial charge >= 0.3 is 0 Å². The van der Waals surface area contributed by atoms with E-state index in [0.29, 0.717) is 0 Å². The van der Waals surface area contributed by atoms with Crippen LogP contribution >= 0.6 is 0 Å². The molecule has 0 heterocycles. The van der Waals surface area contributed by atoms with Gasteiger partial charge in [-0.1, -0.05) is 0 Å². The number of ketones is 1. The standard InChI is InChI=1S/C13H10O5/c14-9-1-7(2-10(15)5-9)13(18)8-3-11(16)6-12(17)4-8/h1-6,14-17H. The van der Waals surface area contributed by atoms with E-state index in [1.54, 1.807) is 0 Å². The number of benzene rings is 2. The molecular weight excluding hydrogens is 236 g/mol. The van der Waals surface area contributed by atoms with Crippen LogP contribution in [0.25, 0.3) is 0 Å². The molecule has 18 heavy (non-hydrogen) atoms. The number of phenols is 4. The Bertz CT molecular complexity index is 525.